The monoisotopic (exact) mass is 402 g/mol. The third-order valence-electron chi connectivity index (χ3n) is 3.92. The third-order valence-corrected chi connectivity index (χ3v) is 5.06. The molecule has 1 aromatic carbocycles. The van der Waals surface area contributed by atoms with Crippen molar-refractivity contribution in [2.45, 2.75) is 37.2 Å². The summed E-state index contributed by atoms with van der Waals surface area (Å²) in [6, 6.07) is 9.02. The maximum absolute atomic E-state index is 12.7. The van der Waals surface area contributed by atoms with Crippen LogP contribution in [-0.4, -0.2) is 36.9 Å². The summed E-state index contributed by atoms with van der Waals surface area (Å²) in [4.78, 5) is 21.1. The second-order valence-electron chi connectivity index (χ2n) is 5.88. The molecule has 0 aliphatic carbocycles. The number of aromatic nitrogens is 5. The van der Waals surface area contributed by atoms with Crippen molar-refractivity contribution in [3.63, 3.8) is 0 Å². The second kappa shape index (κ2) is 8.96. The van der Waals surface area contributed by atoms with Crippen LogP contribution in [0.5, 0.6) is 0 Å². The molecule has 3 rings (SSSR count). The Morgan fingerprint density at radius 3 is 2.63 bits per heavy atom. The minimum absolute atomic E-state index is 0.0520. The molecule has 2 heterocycles. The van der Waals surface area contributed by atoms with Crippen molar-refractivity contribution in [2.75, 3.05) is 0 Å². The summed E-state index contributed by atoms with van der Waals surface area (Å²) in [6.07, 6.45) is 4.19. The quantitative estimate of drug-likeness (QED) is 0.480. The van der Waals surface area contributed by atoms with Crippen LogP contribution in [0.2, 0.25) is 5.02 Å². The minimum atomic E-state index is -0.242. The predicted octanol–water partition coefficient (Wildman–Crippen LogP) is 3.53. The van der Waals surface area contributed by atoms with Crippen LogP contribution in [0.1, 0.15) is 36.5 Å². The van der Waals surface area contributed by atoms with Crippen molar-refractivity contribution in [1.29, 1.82) is 0 Å². The number of amides is 1. The van der Waals surface area contributed by atoms with Gasteiger partial charge in [-0.1, -0.05) is 35.5 Å². The number of benzene rings is 1. The molecule has 0 spiro atoms. The van der Waals surface area contributed by atoms with Gasteiger partial charge < -0.3 is 5.32 Å². The van der Waals surface area contributed by atoms with Gasteiger partial charge in [0.15, 0.2) is 10.9 Å². The Morgan fingerprint density at radius 1 is 1.26 bits per heavy atom. The summed E-state index contributed by atoms with van der Waals surface area (Å²) < 4.78 is 1.65. The lowest BCUT2D eigenvalue weighted by atomic mass is 10.2. The second-order valence-corrected chi connectivity index (χ2v) is 7.25. The van der Waals surface area contributed by atoms with Gasteiger partial charge in [-0.05, 0) is 43.7 Å². The van der Waals surface area contributed by atoms with E-state index in [-0.39, 0.29) is 11.9 Å². The molecule has 0 saturated heterocycles. The molecule has 1 atom stereocenters. The molecule has 0 fully saturated rings. The highest BCUT2D eigenvalue weighted by atomic mass is 35.5. The van der Waals surface area contributed by atoms with E-state index in [9.17, 15) is 4.79 Å². The molecule has 0 bridgehead atoms. The number of rotatable bonds is 7. The first-order valence-corrected chi connectivity index (χ1v) is 9.86. The Morgan fingerprint density at radius 2 is 1.96 bits per heavy atom. The molecule has 0 aliphatic heterocycles. The Bertz CT molecular complexity index is 900. The van der Waals surface area contributed by atoms with E-state index >= 15 is 0 Å². The average Bonchev–Trinajstić information content (AvgIpc) is 3.11. The molecule has 0 aliphatic rings. The molecule has 0 radical (unpaired) electrons. The molecule has 1 unspecified atom stereocenters. The van der Waals surface area contributed by atoms with Gasteiger partial charge in [0.1, 0.15) is 0 Å². The van der Waals surface area contributed by atoms with Gasteiger partial charge in [-0.25, -0.2) is 14.6 Å². The Balaban J connectivity index is 1.93. The third kappa shape index (κ3) is 4.84. The van der Waals surface area contributed by atoms with Gasteiger partial charge in [0, 0.05) is 29.2 Å². The van der Waals surface area contributed by atoms with Crippen LogP contribution in [0.25, 0.3) is 5.69 Å². The van der Waals surface area contributed by atoms with Crippen molar-refractivity contribution in [3.8, 4) is 5.69 Å². The molecule has 140 valence electrons. The maximum atomic E-state index is 12.7. The highest BCUT2D eigenvalue weighted by molar-refractivity contribution is 7.98. The number of carbonyl (C=O) groups excluding carboxylic acids is 1. The first-order valence-electron chi connectivity index (χ1n) is 8.49. The topological polar surface area (TPSA) is 85.6 Å². The largest absolute Gasteiger partial charge is 0.348 e. The minimum Gasteiger partial charge on any atom is -0.348 e. The fourth-order valence-electron chi connectivity index (χ4n) is 2.28. The number of nitrogens with zero attached hydrogens (tertiary/aromatic N) is 5. The molecular weight excluding hydrogens is 384 g/mol. The van der Waals surface area contributed by atoms with E-state index in [1.165, 1.54) is 11.8 Å². The molecule has 0 saturated carbocycles. The van der Waals surface area contributed by atoms with E-state index in [1.807, 2.05) is 26.0 Å². The first kappa shape index (κ1) is 19.3. The normalized spacial score (nSPS) is 12.0. The average molecular weight is 403 g/mol. The zero-order valence-corrected chi connectivity index (χ0v) is 16.5. The van der Waals surface area contributed by atoms with Gasteiger partial charge in [-0.15, -0.1) is 5.10 Å². The van der Waals surface area contributed by atoms with Crippen LogP contribution < -0.4 is 5.32 Å². The van der Waals surface area contributed by atoms with E-state index < -0.39 is 0 Å². The number of nitrogens with one attached hydrogen (secondary N) is 1. The smallest absolute Gasteiger partial charge is 0.274 e. The Hall–Kier alpha value is -2.45. The number of halogens is 1. The standard InChI is InChI=1S/C18H19ClN6OS/c1-3-12(2)22-17(26)16-15(11-27-18-20-9-4-10-21-18)25(24-23-16)14-7-5-13(19)6-8-14/h4-10,12H,3,11H2,1-2H3,(H,22,26). The number of carbonyl (C=O) groups is 1. The van der Waals surface area contributed by atoms with Crippen molar-refractivity contribution >= 4 is 29.3 Å². The van der Waals surface area contributed by atoms with Gasteiger partial charge >= 0.3 is 0 Å². The molecule has 1 N–H and O–H groups in total. The SMILES string of the molecule is CCC(C)NC(=O)c1nnn(-c2ccc(Cl)cc2)c1CSc1ncccn1. The van der Waals surface area contributed by atoms with Gasteiger partial charge in [0.05, 0.1) is 11.4 Å². The summed E-state index contributed by atoms with van der Waals surface area (Å²) >= 11 is 7.40. The highest BCUT2D eigenvalue weighted by Gasteiger charge is 2.22. The fourth-order valence-corrected chi connectivity index (χ4v) is 3.21. The highest BCUT2D eigenvalue weighted by Crippen LogP contribution is 2.23. The summed E-state index contributed by atoms with van der Waals surface area (Å²) in [5.41, 5.74) is 1.75. The lowest BCUT2D eigenvalue weighted by Crippen LogP contribution is -2.32. The summed E-state index contributed by atoms with van der Waals surface area (Å²) in [6.45, 7) is 3.97. The van der Waals surface area contributed by atoms with Gasteiger partial charge in [0.25, 0.3) is 5.91 Å². The lowest BCUT2D eigenvalue weighted by molar-refractivity contribution is 0.0933. The van der Waals surface area contributed by atoms with Crippen LogP contribution in [0, 0.1) is 0 Å². The van der Waals surface area contributed by atoms with E-state index in [4.69, 9.17) is 11.6 Å². The van der Waals surface area contributed by atoms with Gasteiger partial charge in [0.2, 0.25) is 0 Å². The maximum Gasteiger partial charge on any atom is 0.274 e. The number of thioether (sulfide) groups is 1. The van der Waals surface area contributed by atoms with Gasteiger partial charge in [-0.3, -0.25) is 4.79 Å². The zero-order valence-electron chi connectivity index (χ0n) is 15.0. The van der Waals surface area contributed by atoms with Crippen LogP contribution >= 0.6 is 23.4 Å². The van der Waals surface area contributed by atoms with Crippen molar-refractivity contribution in [1.82, 2.24) is 30.3 Å². The molecule has 7 nitrogen and oxygen atoms in total. The van der Waals surface area contributed by atoms with E-state index in [0.717, 1.165) is 12.1 Å². The zero-order chi connectivity index (χ0) is 19.2. The van der Waals surface area contributed by atoms with Crippen LogP contribution in [0.3, 0.4) is 0 Å². The molecule has 1 amide bonds. The summed E-state index contributed by atoms with van der Waals surface area (Å²) in [7, 11) is 0. The number of hydrogen-bond donors (Lipinski definition) is 1. The van der Waals surface area contributed by atoms with Crippen molar-refractivity contribution < 1.29 is 4.79 Å². The Labute approximate surface area is 166 Å². The Kier molecular flexibility index (Phi) is 6.41. The van der Waals surface area contributed by atoms with Crippen LogP contribution in [-0.2, 0) is 5.75 Å². The molecule has 9 heteroatoms. The lowest BCUT2D eigenvalue weighted by Gasteiger charge is -2.11. The predicted molar refractivity (Wildman–Crippen MR) is 105 cm³/mol. The number of hydrogen-bond acceptors (Lipinski definition) is 6. The molecule has 27 heavy (non-hydrogen) atoms. The first-order chi connectivity index (χ1) is 13.1. The van der Waals surface area contributed by atoms with E-state index in [2.05, 4.69) is 25.6 Å². The van der Waals surface area contributed by atoms with Crippen LogP contribution in [0.4, 0.5) is 0 Å². The van der Waals surface area contributed by atoms with E-state index in [0.29, 0.717) is 27.3 Å². The van der Waals surface area contributed by atoms with E-state index in [1.54, 1.807) is 35.3 Å². The summed E-state index contributed by atoms with van der Waals surface area (Å²) in [5.74, 6) is 0.206. The molecule has 3 aromatic rings. The van der Waals surface area contributed by atoms with Crippen molar-refractivity contribution in [2.24, 2.45) is 0 Å². The fraction of sp³-hybridized carbons (Fsp3) is 0.278. The van der Waals surface area contributed by atoms with Crippen LogP contribution in [0.15, 0.2) is 47.9 Å². The van der Waals surface area contributed by atoms with Gasteiger partial charge in [-0.2, -0.15) is 0 Å². The molecule has 2 aromatic heterocycles. The van der Waals surface area contributed by atoms with Crippen molar-refractivity contribution in [3.05, 3.63) is 59.1 Å². The summed E-state index contributed by atoms with van der Waals surface area (Å²) in [5, 5.41) is 12.5. The molecular formula is C18H19ClN6OS.